The third kappa shape index (κ3) is 5.22. The number of carbonyl (C=O) groups is 1. The maximum atomic E-state index is 14.2. The highest BCUT2D eigenvalue weighted by Crippen LogP contribution is 2.41. The molecule has 0 aliphatic carbocycles. The van der Waals surface area contributed by atoms with Crippen LogP contribution < -0.4 is 0 Å². The first-order valence-electron chi connectivity index (χ1n) is 11.3. The Morgan fingerprint density at radius 2 is 0.935 bits per heavy atom. The summed E-state index contributed by atoms with van der Waals surface area (Å²) in [5.74, 6) is 0.336. The van der Waals surface area contributed by atoms with Gasteiger partial charge in [-0.2, -0.15) is 0 Å². The number of phenolic OH excluding ortho intramolecular Hbond substituents is 1. The maximum absolute atomic E-state index is 14.2. The second kappa shape index (κ2) is 7.80. The second-order valence-electron chi connectivity index (χ2n) is 13.0. The summed E-state index contributed by atoms with van der Waals surface area (Å²) in [5, 5.41) is 11.1. The minimum atomic E-state index is -0.281. The van der Waals surface area contributed by atoms with Crippen LogP contribution in [0.15, 0.2) is 30.3 Å². The molecule has 0 aliphatic heterocycles. The molecular formula is C29H42O2. The van der Waals surface area contributed by atoms with Crippen LogP contribution in [0.3, 0.4) is 0 Å². The van der Waals surface area contributed by atoms with E-state index >= 15 is 0 Å². The number of hydrogen-bond donors (Lipinski definition) is 1. The molecule has 0 unspecified atom stereocenters. The predicted molar refractivity (Wildman–Crippen MR) is 133 cm³/mol. The smallest absolute Gasteiger partial charge is 0.193 e. The van der Waals surface area contributed by atoms with Gasteiger partial charge in [0.05, 0.1) is 0 Å². The van der Waals surface area contributed by atoms with E-state index in [4.69, 9.17) is 0 Å². The molecule has 0 heterocycles. The highest BCUT2D eigenvalue weighted by molar-refractivity contribution is 6.11. The summed E-state index contributed by atoms with van der Waals surface area (Å²) in [5.41, 5.74) is 4.31. The van der Waals surface area contributed by atoms with Crippen LogP contribution in [-0.4, -0.2) is 10.9 Å². The van der Waals surface area contributed by atoms with Crippen molar-refractivity contribution in [3.63, 3.8) is 0 Å². The topological polar surface area (TPSA) is 37.3 Å². The molecule has 2 heteroatoms. The van der Waals surface area contributed by atoms with E-state index < -0.39 is 0 Å². The lowest BCUT2D eigenvalue weighted by molar-refractivity contribution is 0.103. The fraction of sp³-hybridized carbons (Fsp3) is 0.552. The monoisotopic (exact) mass is 422 g/mol. The predicted octanol–water partition coefficient (Wildman–Crippen LogP) is 7.81. The molecule has 0 atom stereocenters. The van der Waals surface area contributed by atoms with Crippen molar-refractivity contribution in [1.29, 1.82) is 0 Å². The third-order valence-electron chi connectivity index (χ3n) is 5.90. The zero-order valence-corrected chi connectivity index (χ0v) is 21.7. The van der Waals surface area contributed by atoms with Gasteiger partial charge in [-0.15, -0.1) is 0 Å². The van der Waals surface area contributed by atoms with Crippen molar-refractivity contribution in [2.24, 2.45) is 0 Å². The first kappa shape index (κ1) is 25.2. The standard InChI is InChI=1S/C29H42O2/c1-26(2,3)19-14-13-15-20(27(4,5)6)23(19)24(30)18-16-21(28(7,8)9)25(31)22(17-18)29(10,11)12/h13-17,31H,1-12H3. The normalized spacial score (nSPS) is 13.4. The molecule has 0 saturated heterocycles. The van der Waals surface area contributed by atoms with Gasteiger partial charge >= 0.3 is 0 Å². The highest BCUT2D eigenvalue weighted by Gasteiger charge is 2.32. The van der Waals surface area contributed by atoms with Crippen LogP contribution in [0.25, 0.3) is 0 Å². The van der Waals surface area contributed by atoms with Crippen LogP contribution in [-0.2, 0) is 21.7 Å². The Labute approximate surface area is 190 Å². The summed E-state index contributed by atoms with van der Waals surface area (Å²) in [6.45, 7) is 25.4. The van der Waals surface area contributed by atoms with Crippen molar-refractivity contribution in [2.45, 2.75) is 105 Å². The summed E-state index contributed by atoms with van der Waals surface area (Å²) in [6.07, 6.45) is 0. The Hall–Kier alpha value is -2.09. The third-order valence-corrected chi connectivity index (χ3v) is 5.90. The van der Waals surface area contributed by atoms with Crippen LogP contribution in [0.5, 0.6) is 5.75 Å². The molecule has 31 heavy (non-hydrogen) atoms. The number of ketones is 1. The number of aromatic hydroxyl groups is 1. The van der Waals surface area contributed by atoms with Crippen LogP contribution in [0, 0.1) is 0 Å². The summed E-state index contributed by atoms with van der Waals surface area (Å²) in [6, 6.07) is 10.0. The molecule has 0 amide bonds. The Morgan fingerprint density at radius 1 is 0.613 bits per heavy atom. The summed E-state index contributed by atoms with van der Waals surface area (Å²) < 4.78 is 0. The van der Waals surface area contributed by atoms with Gasteiger partial charge in [0.25, 0.3) is 0 Å². The van der Waals surface area contributed by atoms with Gasteiger partial charge in [0.15, 0.2) is 5.78 Å². The minimum Gasteiger partial charge on any atom is -0.507 e. The average Bonchev–Trinajstić information content (AvgIpc) is 2.57. The highest BCUT2D eigenvalue weighted by atomic mass is 16.3. The maximum Gasteiger partial charge on any atom is 0.193 e. The summed E-state index contributed by atoms with van der Waals surface area (Å²) in [7, 11) is 0. The lowest BCUT2D eigenvalue weighted by atomic mass is 9.73. The molecule has 2 rings (SSSR count). The Balaban J connectivity index is 2.93. The molecule has 0 radical (unpaired) electrons. The van der Waals surface area contributed by atoms with Gasteiger partial charge in [-0.3, -0.25) is 4.79 Å². The van der Waals surface area contributed by atoms with E-state index in [1.807, 2.05) is 12.1 Å². The molecule has 170 valence electrons. The number of rotatable bonds is 2. The molecular weight excluding hydrogens is 380 g/mol. The van der Waals surface area contributed by atoms with Crippen LogP contribution in [0.4, 0.5) is 0 Å². The molecule has 2 aromatic carbocycles. The van der Waals surface area contributed by atoms with Crippen LogP contribution >= 0.6 is 0 Å². The SMILES string of the molecule is CC(C)(C)c1cc(C(=O)c2c(C(C)(C)C)cccc2C(C)(C)C)cc(C(C)(C)C)c1O. The van der Waals surface area contributed by atoms with Gasteiger partial charge in [-0.1, -0.05) is 101 Å². The Morgan fingerprint density at radius 3 is 1.23 bits per heavy atom. The second-order valence-corrected chi connectivity index (χ2v) is 13.0. The summed E-state index contributed by atoms with van der Waals surface area (Å²) >= 11 is 0. The quantitative estimate of drug-likeness (QED) is 0.501. The number of phenols is 1. The van der Waals surface area contributed by atoms with Crippen molar-refractivity contribution in [1.82, 2.24) is 0 Å². The van der Waals surface area contributed by atoms with E-state index in [2.05, 4.69) is 101 Å². The minimum absolute atomic E-state index is 0.0337. The van der Waals surface area contributed by atoms with E-state index in [0.29, 0.717) is 11.3 Å². The number of hydrogen-bond acceptors (Lipinski definition) is 2. The number of carbonyl (C=O) groups excluding carboxylic acids is 1. The van der Waals surface area contributed by atoms with E-state index in [1.165, 1.54) is 0 Å². The zero-order valence-electron chi connectivity index (χ0n) is 21.7. The lowest BCUT2D eigenvalue weighted by Gasteiger charge is -2.31. The molecule has 0 spiro atoms. The van der Waals surface area contributed by atoms with Gasteiger partial charge in [0, 0.05) is 22.3 Å². The van der Waals surface area contributed by atoms with Gasteiger partial charge in [-0.05, 0) is 44.9 Å². The first-order chi connectivity index (χ1) is 13.8. The lowest BCUT2D eigenvalue weighted by Crippen LogP contribution is -2.25. The van der Waals surface area contributed by atoms with E-state index in [0.717, 1.165) is 27.8 Å². The van der Waals surface area contributed by atoms with Crippen molar-refractivity contribution in [3.05, 3.63) is 63.7 Å². The summed E-state index contributed by atoms with van der Waals surface area (Å²) in [4.78, 5) is 14.2. The van der Waals surface area contributed by atoms with Gasteiger partial charge < -0.3 is 5.11 Å². The van der Waals surface area contributed by atoms with Crippen molar-refractivity contribution in [2.75, 3.05) is 0 Å². The van der Waals surface area contributed by atoms with Crippen molar-refractivity contribution >= 4 is 5.78 Å². The largest absolute Gasteiger partial charge is 0.507 e. The van der Waals surface area contributed by atoms with E-state index in [-0.39, 0.29) is 27.4 Å². The van der Waals surface area contributed by atoms with Crippen molar-refractivity contribution < 1.29 is 9.90 Å². The zero-order chi connectivity index (χ0) is 24.2. The molecule has 0 bridgehead atoms. The Bertz CT molecular complexity index is 914. The van der Waals surface area contributed by atoms with Gasteiger partial charge in [0.1, 0.15) is 5.75 Å². The Kier molecular flexibility index (Phi) is 6.33. The molecule has 0 saturated carbocycles. The molecule has 0 aromatic heterocycles. The molecule has 2 aromatic rings. The van der Waals surface area contributed by atoms with E-state index in [1.54, 1.807) is 0 Å². The number of benzene rings is 2. The van der Waals surface area contributed by atoms with Gasteiger partial charge in [0.2, 0.25) is 0 Å². The van der Waals surface area contributed by atoms with Crippen LogP contribution in [0.1, 0.15) is 121 Å². The first-order valence-corrected chi connectivity index (χ1v) is 11.3. The van der Waals surface area contributed by atoms with Gasteiger partial charge in [-0.25, -0.2) is 0 Å². The van der Waals surface area contributed by atoms with Crippen LogP contribution in [0.2, 0.25) is 0 Å². The molecule has 1 N–H and O–H groups in total. The van der Waals surface area contributed by atoms with E-state index in [9.17, 15) is 9.90 Å². The fourth-order valence-corrected chi connectivity index (χ4v) is 4.10. The average molecular weight is 423 g/mol. The fourth-order valence-electron chi connectivity index (χ4n) is 4.10. The molecule has 0 fully saturated rings. The van der Waals surface area contributed by atoms with Crippen molar-refractivity contribution in [3.8, 4) is 5.75 Å². The molecule has 0 aliphatic rings. The molecule has 2 nitrogen and oxygen atoms in total.